The molecular formula is C15H21Br2NO. The zero-order chi connectivity index (χ0) is 13.8. The average Bonchev–Trinajstić information content (AvgIpc) is 2.83. The predicted octanol–water partition coefficient (Wildman–Crippen LogP) is 4.68. The molecule has 0 bridgehead atoms. The van der Waals surface area contributed by atoms with Crippen molar-refractivity contribution in [3.63, 3.8) is 0 Å². The van der Waals surface area contributed by atoms with Crippen LogP contribution in [0.15, 0.2) is 27.1 Å². The molecule has 0 radical (unpaired) electrons. The summed E-state index contributed by atoms with van der Waals surface area (Å²) in [7, 11) is 0. The third-order valence-electron chi connectivity index (χ3n) is 3.86. The number of benzene rings is 1. The number of hydrogen-bond acceptors (Lipinski definition) is 2. The second kappa shape index (κ2) is 7.21. The van der Waals surface area contributed by atoms with Gasteiger partial charge in [0.1, 0.15) is 0 Å². The highest BCUT2D eigenvalue weighted by atomic mass is 79.9. The Balaban J connectivity index is 1.92. The maximum atomic E-state index is 5.74. The zero-order valence-electron chi connectivity index (χ0n) is 11.5. The quantitative estimate of drug-likeness (QED) is 0.788. The molecule has 106 valence electrons. The molecule has 1 aliphatic heterocycles. The first-order chi connectivity index (χ1) is 9.11. The van der Waals surface area contributed by atoms with E-state index in [1.165, 1.54) is 12.0 Å². The van der Waals surface area contributed by atoms with E-state index in [0.717, 1.165) is 28.5 Å². The lowest BCUT2D eigenvalue weighted by Crippen LogP contribution is -2.30. The predicted molar refractivity (Wildman–Crippen MR) is 86.4 cm³/mol. The average molecular weight is 391 g/mol. The summed E-state index contributed by atoms with van der Waals surface area (Å²) in [6, 6.07) is 6.70. The van der Waals surface area contributed by atoms with Gasteiger partial charge in [-0.3, -0.25) is 0 Å². The molecule has 1 saturated heterocycles. The van der Waals surface area contributed by atoms with E-state index in [4.69, 9.17) is 4.74 Å². The molecule has 1 aromatic carbocycles. The maximum absolute atomic E-state index is 5.74. The van der Waals surface area contributed by atoms with Gasteiger partial charge in [-0.1, -0.05) is 44.8 Å². The van der Waals surface area contributed by atoms with E-state index >= 15 is 0 Å². The van der Waals surface area contributed by atoms with Gasteiger partial charge in [0.15, 0.2) is 0 Å². The minimum absolute atomic E-state index is 0.348. The molecular weight excluding hydrogens is 370 g/mol. The fourth-order valence-corrected chi connectivity index (χ4v) is 4.06. The van der Waals surface area contributed by atoms with Crippen LogP contribution in [0.5, 0.6) is 0 Å². The van der Waals surface area contributed by atoms with Crippen LogP contribution in [0.4, 0.5) is 0 Å². The van der Waals surface area contributed by atoms with Crippen molar-refractivity contribution in [2.45, 2.75) is 38.8 Å². The molecule has 2 rings (SSSR count). The van der Waals surface area contributed by atoms with E-state index in [2.05, 4.69) is 69.2 Å². The van der Waals surface area contributed by atoms with Gasteiger partial charge >= 0.3 is 0 Å². The highest BCUT2D eigenvalue weighted by Crippen LogP contribution is 2.28. The Morgan fingerprint density at radius 3 is 2.89 bits per heavy atom. The second-order valence-electron chi connectivity index (χ2n) is 5.16. The van der Waals surface area contributed by atoms with E-state index < -0.39 is 0 Å². The van der Waals surface area contributed by atoms with E-state index in [0.29, 0.717) is 18.1 Å². The van der Waals surface area contributed by atoms with Crippen molar-refractivity contribution in [2.24, 2.45) is 5.92 Å². The summed E-state index contributed by atoms with van der Waals surface area (Å²) in [5.41, 5.74) is 1.30. The molecule has 3 atom stereocenters. The fourth-order valence-electron chi connectivity index (χ4n) is 2.67. The highest BCUT2D eigenvalue weighted by molar-refractivity contribution is 9.11. The second-order valence-corrected chi connectivity index (χ2v) is 6.93. The van der Waals surface area contributed by atoms with Gasteiger partial charge in [-0.25, -0.2) is 0 Å². The van der Waals surface area contributed by atoms with E-state index in [1.54, 1.807) is 0 Å². The smallest absolute Gasteiger partial charge is 0.0613 e. The van der Waals surface area contributed by atoms with Crippen LogP contribution in [0.2, 0.25) is 0 Å². The van der Waals surface area contributed by atoms with Crippen LogP contribution in [0, 0.1) is 5.92 Å². The Labute approximate surface area is 132 Å². The topological polar surface area (TPSA) is 21.3 Å². The molecule has 1 aromatic rings. The van der Waals surface area contributed by atoms with Crippen LogP contribution in [0.1, 0.15) is 38.3 Å². The third kappa shape index (κ3) is 4.03. The normalized spacial score (nSPS) is 24.6. The Morgan fingerprint density at radius 1 is 1.42 bits per heavy atom. The Morgan fingerprint density at radius 2 is 2.21 bits per heavy atom. The molecule has 0 amide bonds. The molecule has 0 saturated carbocycles. The Kier molecular flexibility index (Phi) is 5.87. The van der Waals surface area contributed by atoms with Crippen LogP contribution in [0.25, 0.3) is 0 Å². The van der Waals surface area contributed by atoms with E-state index in [-0.39, 0.29) is 0 Å². The fraction of sp³-hybridized carbons (Fsp3) is 0.600. The largest absolute Gasteiger partial charge is 0.378 e. The lowest BCUT2D eigenvalue weighted by molar-refractivity contribution is 0.0867. The SMILES string of the molecule is CCC1OCCC1CNC(C)c1ccc(Br)cc1Br. The van der Waals surface area contributed by atoms with Gasteiger partial charge in [-0.15, -0.1) is 0 Å². The lowest BCUT2D eigenvalue weighted by Gasteiger charge is -2.21. The minimum Gasteiger partial charge on any atom is -0.378 e. The first kappa shape index (κ1) is 15.5. The summed E-state index contributed by atoms with van der Waals surface area (Å²) in [5.74, 6) is 0.654. The molecule has 19 heavy (non-hydrogen) atoms. The molecule has 0 spiro atoms. The molecule has 1 N–H and O–H groups in total. The molecule has 0 aromatic heterocycles. The van der Waals surface area contributed by atoms with Crippen molar-refractivity contribution in [3.8, 4) is 0 Å². The number of ether oxygens (including phenoxy) is 1. The van der Waals surface area contributed by atoms with Crippen molar-refractivity contribution >= 4 is 31.9 Å². The lowest BCUT2D eigenvalue weighted by atomic mass is 9.98. The van der Waals surface area contributed by atoms with Crippen molar-refractivity contribution in [3.05, 3.63) is 32.7 Å². The first-order valence-electron chi connectivity index (χ1n) is 6.91. The standard InChI is InChI=1S/C15H21Br2NO/c1-3-15-11(6-7-19-15)9-18-10(2)13-5-4-12(16)8-14(13)17/h4-5,8,10-11,15,18H,3,6-7,9H2,1-2H3. The van der Waals surface area contributed by atoms with Gasteiger partial charge in [-0.2, -0.15) is 0 Å². The van der Waals surface area contributed by atoms with Crippen LogP contribution in [0.3, 0.4) is 0 Å². The zero-order valence-corrected chi connectivity index (χ0v) is 14.6. The van der Waals surface area contributed by atoms with Crippen LogP contribution >= 0.6 is 31.9 Å². The van der Waals surface area contributed by atoms with Crippen molar-refractivity contribution < 1.29 is 4.74 Å². The van der Waals surface area contributed by atoms with Gasteiger partial charge in [0.25, 0.3) is 0 Å². The summed E-state index contributed by atoms with van der Waals surface area (Å²) in [6.07, 6.45) is 2.73. The molecule has 1 heterocycles. The van der Waals surface area contributed by atoms with Gasteiger partial charge in [0, 0.05) is 28.1 Å². The molecule has 2 nitrogen and oxygen atoms in total. The monoisotopic (exact) mass is 389 g/mol. The molecule has 1 aliphatic rings. The van der Waals surface area contributed by atoms with Crippen molar-refractivity contribution in [1.29, 1.82) is 0 Å². The highest BCUT2D eigenvalue weighted by Gasteiger charge is 2.26. The summed E-state index contributed by atoms with van der Waals surface area (Å²) in [5, 5.41) is 3.64. The Hall–Kier alpha value is 0.1000. The van der Waals surface area contributed by atoms with E-state index in [1.807, 2.05) is 0 Å². The van der Waals surface area contributed by atoms with Crippen LogP contribution in [-0.2, 0) is 4.74 Å². The molecule has 1 fully saturated rings. The molecule has 0 aliphatic carbocycles. The minimum atomic E-state index is 0.348. The first-order valence-corrected chi connectivity index (χ1v) is 8.50. The van der Waals surface area contributed by atoms with Gasteiger partial charge in [-0.05, 0) is 43.4 Å². The number of halogens is 2. The van der Waals surface area contributed by atoms with Crippen LogP contribution in [-0.4, -0.2) is 19.3 Å². The molecule has 4 heteroatoms. The number of nitrogens with one attached hydrogen (secondary N) is 1. The third-order valence-corrected chi connectivity index (χ3v) is 5.04. The summed E-state index contributed by atoms with van der Waals surface area (Å²) in [4.78, 5) is 0. The molecule has 3 unspecified atom stereocenters. The summed E-state index contributed by atoms with van der Waals surface area (Å²) in [6.45, 7) is 6.37. The van der Waals surface area contributed by atoms with Gasteiger partial charge in [0.2, 0.25) is 0 Å². The summed E-state index contributed by atoms with van der Waals surface area (Å²) >= 11 is 7.12. The van der Waals surface area contributed by atoms with Gasteiger partial charge in [0.05, 0.1) is 6.10 Å². The number of hydrogen-bond donors (Lipinski definition) is 1. The van der Waals surface area contributed by atoms with Crippen molar-refractivity contribution in [2.75, 3.05) is 13.2 Å². The number of rotatable bonds is 5. The van der Waals surface area contributed by atoms with Gasteiger partial charge < -0.3 is 10.1 Å². The maximum Gasteiger partial charge on any atom is 0.0613 e. The summed E-state index contributed by atoms with van der Waals surface area (Å²) < 4.78 is 7.99. The Bertz CT molecular complexity index is 425. The van der Waals surface area contributed by atoms with Crippen LogP contribution < -0.4 is 5.32 Å². The van der Waals surface area contributed by atoms with E-state index in [9.17, 15) is 0 Å². The van der Waals surface area contributed by atoms with Crippen molar-refractivity contribution in [1.82, 2.24) is 5.32 Å².